The summed E-state index contributed by atoms with van der Waals surface area (Å²) in [5.41, 5.74) is 1.67. The lowest BCUT2D eigenvalue weighted by Gasteiger charge is -2.16. The highest BCUT2D eigenvalue weighted by atomic mass is 19.1. The molecule has 16 heavy (non-hydrogen) atoms. The van der Waals surface area contributed by atoms with Crippen LogP contribution in [0.1, 0.15) is 31.7 Å². The summed E-state index contributed by atoms with van der Waals surface area (Å²) in [5.74, 6) is -0.0366. The second kappa shape index (κ2) is 4.24. The number of likely N-dealkylation sites (N-methyl/N-ethyl adjacent to an activating group) is 1. The maximum atomic E-state index is 13.8. The summed E-state index contributed by atoms with van der Waals surface area (Å²) in [6, 6.07) is 5.14. The first-order valence-electron chi connectivity index (χ1n) is 5.66. The highest BCUT2D eigenvalue weighted by molar-refractivity contribution is 5.78. The molecule has 2 rings (SSSR count). The van der Waals surface area contributed by atoms with E-state index in [4.69, 9.17) is 0 Å². The molecule has 0 aromatic heterocycles. The monoisotopic (exact) mass is 221 g/mol. The molecule has 1 aliphatic rings. The van der Waals surface area contributed by atoms with Gasteiger partial charge in [-0.2, -0.15) is 0 Å². The quantitative estimate of drug-likeness (QED) is 0.782. The first kappa shape index (κ1) is 11.1. The van der Waals surface area contributed by atoms with Crippen LogP contribution in [0.2, 0.25) is 0 Å². The standard InChI is InChI=1S/C13H16FNO/c1-3-15-8-10(7-9(2)16)13-11(14)5-4-6-12(13)15/h4-6,10H,3,7-8H2,1-2H3. The molecule has 0 amide bonds. The van der Waals surface area contributed by atoms with E-state index in [1.165, 1.54) is 6.07 Å². The largest absolute Gasteiger partial charge is 0.371 e. The Bertz CT molecular complexity index is 416. The summed E-state index contributed by atoms with van der Waals surface area (Å²) in [5, 5.41) is 0. The minimum Gasteiger partial charge on any atom is -0.371 e. The van der Waals surface area contributed by atoms with Crippen molar-refractivity contribution < 1.29 is 9.18 Å². The van der Waals surface area contributed by atoms with Gasteiger partial charge in [-0.25, -0.2) is 4.39 Å². The Hall–Kier alpha value is -1.38. The number of carbonyl (C=O) groups is 1. The van der Waals surface area contributed by atoms with Gasteiger partial charge >= 0.3 is 0 Å². The Morgan fingerprint density at radius 2 is 2.31 bits per heavy atom. The molecule has 0 saturated carbocycles. The molecule has 1 heterocycles. The van der Waals surface area contributed by atoms with Gasteiger partial charge in [0.25, 0.3) is 0 Å². The second-order valence-corrected chi connectivity index (χ2v) is 4.31. The molecule has 0 radical (unpaired) electrons. The van der Waals surface area contributed by atoms with Crippen molar-refractivity contribution in [3.05, 3.63) is 29.6 Å². The van der Waals surface area contributed by atoms with E-state index in [0.717, 1.165) is 24.3 Å². The van der Waals surface area contributed by atoms with Crippen LogP contribution in [-0.4, -0.2) is 18.9 Å². The Morgan fingerprint density at radius 3 is 2.94 bits per heavy atom. The van der Waals surface area contributed by atoms with Crippen LogP contribution in [0.4, 0.5) is 10.1 Å². The first-order valence-corrected chi connectivity index (χ1v) is 5.66. The van der Waals surface area contributed by atoms with Crippen LogP contribution in [0.3, 0.4) is 0 Å². The molecule has 0 saturated heterocycles. The van der Waals surface area contributed by atoms with E-state index in [-0.39, 0.29) is 17.5 Å². The number of hydrogen-bond acceptors (Lipinski definition) is 2. The zero-order chi connectivity index (χ0) is 11.7. The van der Waals surface area contributed by atoms with Crippen LogP contribution in [0.15, 0.2) is 18.2 Å². The molecule has 0 fully saturated rings. The van der Waals surface area contributed by atoms with Gasteiger partial charge in [-0.05, 0) is 26.0 Å². The molecule has 1 aromatic rings. The van der Waals surface area contributed by atoms with Gasteiger partial charge in [-0.3, -0.25) is 0 Å². The molecule has 1 aromatic carbocycles. The molecule has 1 atom stereocenters. The van der Waals surface area contributed by atoms with E-state index in [1.807, 2.05) is 13.0 Å². The smallest absolute Gasteiger partial charge is 0.130 e. The van der Waals surface area contributed by atoms with E-state index in [9.17, 15) is 9.18 Å². The molecule has 2 nitrogen and oxygen atoms in total. The molecule has 0 bridgehead atoms. The Kier molecular flexibility index (Phi) is 2.95. The lowest BCUT2D eigenvalue weighted by molar-refractivity contribution is -0.117. The maximum Gasteiger partial charge on any atom is 0.130 e. The minimum absolute atomic E-state index is 0.0219. The zero-order valence-electron chi connectivity index (χ0n) is 9.66. The molecular formula is C13H16FNO. The molecular weight excluding hydrogens is 205 g/mol. The van der Waals surface area contributed by atoms with Gasteiger partial charge in [0.05, 0.1) is 0 Å². The van der Waals surface area contributed by atoms with Crippen molar-refractivity contribution in [3.63, 3.8) is 0 Å². The Labute approximate surface area is 95.1 Å². The van der Waals surface area contributed by atoms with E-state index in [1.54, 1.807) is 13.0 Å². The van der Waals surface area contributed by atoms with Gasteiger partial charge in [-0.1, -0.05) is 6.07 Å². The van der Waals surface area contributed by atoms with Crippen LogP contribution < -0.4 is 4.90 Å². The number of nitrogens with zero attached hydrogens (tertiary/aromatic N) is 1. The van der Waals surface area contributed by atoms with Crippen LogP contribution in [0.25, 0.3) is 0 Å². The Balaban J connectivity index is 2.39. The molecule has 1 aliphatic heterocycles. The third-order valence-corrected chi connectivity index (χ3v) is 3.14. The zero-order valence-corrected chi connectivity index (χ0v) is 9.66. The van der Waals surface area contributed by atoms with E-state index >= 15 is 0 Å². The fourth-order valence-corrected chi connectivity index (χ4v) is 2.47. The van der Waals surface area contributed by atoms with Crippen LogP contribution in [0, 0.1) is 5.82 Å². The Morgan fingerprint density at radius 1 is 1.56 bits per heavy atom. The number of halogens is 1. The molecule has 0 N–H and O–H groups in total. The average molecular weight is 221 g/mol. The van der Waals surface area contributed by atoms with Gasteiger partial charge in [-0.15, -0.1) is 0 Å². The van der Waals surface area contributed by atoms with Crippen LogP contribution in [0.5, 0.6) is 0 Å². The van der Waals surface area contributed by atoms with E-state index in [0.29, 0.717) is 6.42 Å². The highest BCUT2D eigenvalue weighted by Crippen LogP contribution is 2.39. The number of Topliss-reactive ketones (excluding diaryl/α,β-unsaturated/α-hetero) is 1. The second-order valence-electron chi connectivity index (χ2n) is 4.31. The van der Waals surface area contributed by atoms with E-state index < -0.39 is 0 Å². The van der Waals surface area contributed by atoms with Gasteiger partial charge in [0.15, 0.2) is 0 Å². The third-order valence-electron chi connectivity index (χ3n) is 3.14. The number of hydrogen-bond donors (Lipinski definition) is 0. The molecule has 0 spiro atoms. The highest BCUT2D eigenvalue weighted by Gasteiger charge is 2.30. The van der Waals surface area contributed by atoms with Gasteiger partial charge < -0.3 is 9.69 Å². The van der Waals surface area contributed by atoms with Crippen molar-refractivity contribution in [2.45, 2.75) is 26.2 Å². The summed E-state index contributed by atoms with van der Waals surface area (Å²) < 4.78 is 13.8. The molecule has 0 aliphatic carbocycles. The van der Waals surface area contributed by atoms with Gasteiger partial charge in [0.1, 0.15) is 11.6 Å². The van der Waals surface area contributed by atoms with Crippen molar-refractivity contribution in [3.8, 4) is 0 Å². The minimum atomic E-state index is -0.181. The van der Waals surface area contributed by atoms with E-state index in [2.05, 4.69) is 4.90 Å². The number of ketones is 1. The number of anilines is 1. The fraction of sp³-hybridized carbons (Fsp3) is 0.462. The average Bonchev–Trinajstić information content (AvgIpc) is 2.57. The predicted molar refractivity (Wildman–Crippen MR) is 62.3 cm³/mol. The summed E-state index contributed by atoms with van der Waals surface area (Å²) in [6.45, 7) is 5.22. The predicted octanol–water partition coefficient (Wildman–Crippen LogP) is 2.73. The summed E-state index contributed by atoms with van der Waals surface area (Å²) in [6.07, 6.45) is 0.435. The lowest BCUT2D eigenvalue weighted by Crippen LogP contribution is -2.21. The number of benzene rings is 1. The van der Waals surface area contributed by atoms with Gasteiger partial charge in [0, 0.05) is 36.7 Å². The maximum absolute atomic E-state index is 13.8. The SMILES string of the molecule is CCN1CC(CC(C)=O)c2c(F)cccc21. The molecule has 86 valence electrons. The number of fused-ring (bicyclic) bond motifs is 1. The van der Waals surface area contributed by atoms with Crippen LogP contribution >= 0.6 is 0 Å². The van der Waals surface area contributed by atoms with Gasteiger partial charge in [0.2, 0.25) is 0 Å². The normalized spacial score (nSPS) is 18.7. The van der Waals surface area contributed by atoms with Crippen molar-refractivity contribution in [1.29, 1.82) is 0 Å². The summed E-state index contributed by atoms with van der Waals surface area (Å²) in [4.78, 5) is 13.3. The van der Waals surface area contributed by atoms with Crippen molar-refractivity contribution in [2.75, 3.05) is 18.0 Å². The third kappa shape index (κ3) is 1.82. The van der Waals surface area contributed by atoms with Crippen molar-refractivity contribution in [1.82, 2.24) is 0 Å². The lowest BCUT2D eigenvalue weighted by atomic mass is 9.96. The fourth-order valence-electron chi connectivity index (χ4n) is 2.47. The topological polar surface area (TPSA) is 20.3 Å². The molecule has 1 unspecified atom stereocenters. The van der Waals surface area contributed by atoms with Crippen LogP contribution in [-0.2, 0) is 4.79 Å². The van der Waals surface area contributed by atoms with Crippen molar-refractivity contribution >= 4 is 11.5 Å². The first-order chi connectivity index (χ1) is 7.63. The molecule has 3 heteroatoms. The summed E-state index contributed by atoms with van der Waals surface area (Å²) in [7, 11) is 0. The summed E-state index contributed by atoms with van der Waals surface area (Å²) >= 11 is 0. The number of rotatable bonds is 3. The van der Waals surface area contributed by atoms with Crippen molar-refractivity contribution in [2.24, 2.45) is 0 Å². The number of carbonyl (C=O) groups excluding carboxylic acids is 1.